The number of rotatable bonds is 3. The van der Waals surface area contributed by atoms with Crippen LogP contribution in [0, 0.1) is 5.92 Å². The minimum absolute atomic E-state index is 0.0242. The fraction of sp³-hybridized carbons (Fsp3) is 0.588. The van der Waals surface area contributed by atoms with Gasteiger partial charge in [-0.3, -0.25) is 4.79 Å². The SMILES string of the molecule is CC.CC(c1ccccc1)N1C[C@@H](C(C)(C)O)CC1=O. The van der Waals surface area contributed by atoms with Crippen LogP contribution < -0.4 is 0 Å². The summed E-state index contributed by atoms with van der Waals surface area (Å²) >= 11 is 0. The lowest BCUT2D eigenvalue weighted by Crippen LogP contribution is -2.34. The van der Waals surface area contributed by atoms with Crippen molar-refractivity contribution in [2.75, 3.05) is 6.54 Å². The molecule has 1 aromatic carbocycles. The molecular weight excluding hydrogens is 250 g/mol. The molecule has 0 aromatic heterocycles. The van der Waals surface area contributed by atoms with Crippen molar-refractivity contribution in [3.05, 3.63) is 35.9 Å². The highest BCUT2D eigenvalue weighted by Crippen LogP contribution is 2.33. The van der Waals surface area contributed by atoms with E-state index in [1.54, 1.807) is 13.8 Å². The van der Waals surface area contributed by atoms with Crippen molar-refractivity contribution >= 4 is 5.91 Å². The Morgan fingerprint density at radius 3 is 2.25 bits per heavy atom. The summed E-state index contributed by atoms with van der Waals surface area (Å²) in [4.78, 5) is 13.9. The molecule has 1 amide bonds. The lowest BCUT2D eigenvalue weighted by Gasteiger charge is -2.28. The second-order valence-corrected chi connectivity index (χ2v) is 5.69. The summed E-state index contributed by atoms with van der Waals surface area (Å²) in [6.45, 7) is 10.2. The topological polar surface area (TPSA) is 40.5 Å². The lowest BCUT2D eigenvalue weighted by atomic mass is 9.90. The van der Waals surface area contributed by atoms with E-state index in [-0.39, 0.29) is 17.9 Å². The summed E-state index contributed by atoms with van der Waals surface area (Å²) in [5.41, 5.74) is 0.350. The van der Waals surface area contributed by atoms with Gasteiger partial charge in [0.1, 0.15) is 0 Å². The first-order chi connectivity index (χ1) is 9.39. The summed E-state index contributed by atoms with van der Waals surface area (Å²) in [5.74, 6) is 0.162. The van der Waals surface area contributed by atoms with Gasteiger partial charge in [0.25, 0.3) is 0 Å². The molecule has 1 heterocycles. The molecule has 1 N–H and O–H groups in total. The quantitative estimate of drug-likeness (QED) is 0.920. The Morgan fingerprint density at radius 2 is 1.80 bits per heavy atom. The van der Waals surface area contributed by atoms with E-state index in [4.69, 9.17) is 0 Å². The zero-order chi connectivity index (χ0) is 15.3. The van der Waals surface area contributed by atoms with E-state index in [2.05, 4.69) is 0 Å². The first kappa shape index (κ1) is 16.7. The smallest absolute Gasteiger partial charge is 0.223 e. The van der Waals surface area contributed by atoms with Gasteiger partial charge >= 0.3 is 0 Å². The second-order valence-electron chi connectivity index (χ2n) is 5.69. The maximum atomic E-state index is 12.1. The van der Waals surface area contributed by atoms with Crippen LogP contribution in [-0.2, 0) is 4.79 Å². The Hall–Kier alpha value is -1.35. The molecule has 1 aliphatic rings. The maximum Gasteiger partial charge on any atom is 0.223 e. The number of nitrogens with zero attached hydrogens (tertiary/aromatic N) is 1. The van der Waals surface area contributed by atoms with Gasteiger partial charge in [-0.15, -0.1) is 0 Å². The van der Waals surface area contributed by atoms with Crippen LogP contribution in [-0.4, -0.2) is 28.1 Å². The van der Waals surface area contributed by atoms with Gasteiger partial charge in [-0.1, -0.05) is 44.2 Å². The molecule has 0 radical (unpaired) electrons. The van der Waals surface area contributed by atoms with Crippen LogP contribution in [0.15, 0.2) is 30.3 Å². The fourth-order valence-corrected chi connectivity index (χ4v) is 2.49. The zero-order valence-electron chi connectivity index (χ0n) is 13.3. The number of likely N-dealkylation sites (tertiary alicyclic amines) is 1. The van der Waals surface area contributed by atoms with Crippen LogP contribution in [0.4, 0.5) is 0 Å². The molecule has 1 aromatic rings. The van der Waals surface area contributed by atoms with Crippen LogP contribution in [0.3, 0.4) is 0 Å². The van der Waals surface area contributed by atoms with Crippen LogP contribution in [0.2, 0.25) is 0 Å². The first-order valence-corrected chi connectivity index (χ1v) is 7.46. The standard InChI is InChI=1S/C15H21NO2.C2H6/c1-11(12-7-5-4-6-8-12)16-10-13(9-14(16)17)15(2,3)18;1-2/h4-8,11,13,18H,9-10H2,1-3H3;1-2H3/t11?,13-;/m0./s1. The van der Waals surface area contributed by atoms with Gasteiger partial charge < -0.3 is 10.0 Å². The van der Waals surface area contributed by atoms with Crippen molar-refractivity contribution in [2.45, 2.75) is 52.7 Å². The summed E-state index contributed by atoms with van der Waals surface area (Å²) in [5, 5.41) is 10.0. The first-order valence-electron chi connectivity index (χ1n) is 7.46. The number of amides is 1. The molecule has 3 nitrogen and oxygen atoms in total. The molecular formula is C17H27NO2. The molecule has 0 saturated carbocycles. The predicted molar refractivity (Wildman–Crippen MR) is 82.3 cm³/mol. The highest BCUT2D eigenvalue weighted by atomic mass is 16.3. The highest BCUT2D eigenvalue weighted by Gasteiger charge is 2.40. The van der Waals surface area contributed by atoms with Crippen LogP contribution >= 0.6 is 0 Å². The van der Waals surface area contributed by atoms with Gasteiger partial charge in [0.05, 0.1) is 11.6 Å². The minimum Gasteiger partial charge on any atom is -0.390 e. The van der Waals surface area contributed by atoms with E-state index >= 15 is 0 Å². The minimum atomic E-state index is -0.791. The number of carbonyl (C=O) groups excluding carboxylic acids is 1. The molecule has 1 aliphatic heterocycles. The van der Waals surface area contributed by atoms with Crippen molar-refractivity contribution in [1.82, 2.24) is 4.90 Å². The third kappa shape index (κ3) is 3.83. The summed E-state index contributed by atoms with van der Waals surface area (Å²) in [6, 6.07) is 10.1. The highest BCUT2D eigenvalue weighted by molar-refractivity contribution is 5.79. The lowest BCUT2D eigenvalue weighted by molar-refractivity contribution is -0.129. The molecule has 0 aliphatic carbocycles. The van der Waals surface area contributed by atoms with Crippen LogP contribution in [0.5, 0.6) is 0 Å². The molecule has 20 heavy (non-hydrogen) atoms. The molecule has 1 fully saturated rings. The van der Waals surface area contributed by atoms with Crippen molar-refractivity contribution in [1.29, 1.82) is 0 Å². The van der Waals surface area contributed by atoms with E-state index < -0.39 is 5.60 Å². The Morgan fingerprint density at radius 1 is 1.25 bits per heavy atom. The molecule has 112 valence electrons. The number of carbonyl (C=O) groups is 1. The monoisotopic (exact) mass is 277 g/mol. The third-order valence-electron chi connectivity index (χ3n) is 3.91. The summed E-state index contributed by atoms with van der Waals surface area (Å²) < 4.78 is 0. The van der Waals surface area contributed by atoms with Gasteiger partial charge in [0, 0.05) is 18.9 Å². The second kappa shape index (κ2) is 6.89. The molecule has 0 bridgehead atoms. The van der Waals surface area contributed by atoms with Crippen molar-refractivity contribution in [3.63, 3.8) is 0 Å². The number of hydrogen-bond donors (Lipinski definition) is 1. The Labute approximate surface area is 122 Å². The van der Waals surface area contributed by atoms with E-state index in [9.17, 15) is 9.90 Å². The summed E-state index contributed by atoms with van der Waals surface area (Å²) in [7, 11) is 0. The van der Waals surface area contributed by atoms with Gasteiger partial charge in [-0.05, 0) is 26.3 Å². The average molecular weight is 277 g/mol. The zero-order valence-corrected chi connectivity index (χ0v) is 13.3. The summed E-state index contributed by atoms with van der Waals surface area (Å²) in [6.07, 6.45) is 0.445. The van der Waals surface area contributed by atoms with Crippen LogP contribution in [0.1, 0.15) is 52.6 Å². The van der Waals surface area contributed by atoms with Gasteiger partial charge in [-0.2, -0.15) is 0 Å². The van der Waals surface area contributed by atoms with E-state index in [1.165, 1.54) is 0 Å². The molecule has 3 heteroatoms. The van der Waals surface area contributed by atoms with Crippen molar-refractivity contribution in [2.24, 2.45) is 5.92 Å². The van der Waals surface area contributed by atoms with Gasteiger partial charge in [0.15, 0.2) is 0 Å². The molecule has 2 rings (SSSR count). The van der Waals surface area contributed by atoms with E-state index in [1.807, 2.05) is 56.0 Å². The molecule has 2 atom stereocenters. The van der Waals surface area contributed by atoms with E-state index in [0.717, 1.165) is 5.56 Å². The Balaban J connectivity index is 0.000000956. The predicted octanol–water partition coefficient (Wildman–Crippen LogP) is 3.39. The van der Waals surface area contributed by atoms with Gasteiger partial charge in [-0.25, -0.2) is 0 Å². The van der Waals surface area contributed by atoms with Crippen molar-refractivity contribution < 1.29 is 9.90 Å². The Kier molecular flexibility index (Phi) is 5.75. The van der Waals surface area contributed by atoms with Crippen molar-refractivity contribution in [3.8, 4) is 0 Å². The number of aliphatic hydroxyl groups is 1. The number of benzene rings is 1. The van der Waals surface area contributed by atoms with E-state index in [0.29, 0.717) is 13.0 Å². The Bertz CT molecular complexity index is 422. The average Bonchev–Trinajstić information content (AvgIpc) is 2.83. The third-order valence-corrected chi connectivity index (χ3v) is 3.91. The normalized spacial score (nSPS) is 20.4. The molecule has 1 unspecified atom stereocenters. The van der Waals surface area contributed by atoms with Gasteiger partial charge in [0.2, 0.25) is 5.91 Å². The molecule has 1 saturated heterocycles. The molecule has 0 spiro atoms. The maximum absolute atomic E-state index is 12.1. The number of hydrogen-bond acceptors (Lipinski definition) is 2. The van der Waals surface area contributed by atoms with Crippen LogP contribution in [0.25, 0.3) is 0 Å². The largest absolute Gasteiger partial charge is 0.390 e. The fourth-order valence-electron chi connectivity index (χ4n) is 2.49.